The lowest BCUT2D eigenvalue weighted by molar-refractivity contribution is -0.137. The quantitative estimate of drug-likeness (QED) is 0.845. The van der Waals surface area contributed by atoms with Crippen molar-refractivity contribution in [2.24, 2.45) is 0 Å². The molecule has 0 saturated heterocycles. The van der Waals surface area contributed by atoms with Gasteiger partial charge in [-0.15, -0.1) is 0 Å². The first-order valence-corrected chi connectivity index (χ1v) is 6.05. The summed E-state index contributed by atoms with van der Waals surface area (Å²) in [7, 11) is 0. The number of ether oxygens (including phenoxy) is 1. The maximum atomic E-state index is 12.4. The molecule has 0 aliphatic heterocycles. The van der Waals surface area contributed by atoms with Crippen LogP contribution in [-0.2, 0) is 6.18 Å². The van der Waals surface area contributed by atoms with Gasteiger partial charge in [0.05, 0.1) is 5.56 Å². The molecule has 2 aromatic rings. The van der Waals surface area contributed by atoms with Crippen molar-refractivity contribution in [2.75, 3.05) is 5.73 Å². The van der Waals surface area contributed by atoms with E-state index in [4.69, 9.17) is 10.5 Å². The molecule has 0 heterocycles. The Morgan fingerprint density at radius 1 is 0.950 bits per heavy atom. The topological polar surface area (TPSA) is 35.2 Å². The Balaban J connectivity index is 2.08. The first kappa shape index (κ1) is 14.2. The predicted octanol–water partition coefficient (Wildman–Crippen LogP) is 4.43. The van der Waals surface area contributed by atoms with Crippen LogP contribution in [0.15, 0.2) is 48.5 Å². The summed E-state index contributed by atoms with van der Waals surface area (Å²) in [5, 5.41) is 0. The predicted molar refractivity (Wildman–Crippen MR) is 71.3 cm³/mol. The Labute approximate surface area is 115 Å². The van der Waals surface area contributed by atoms with E-state index in [-0.39, 0.29) is 6.10 Å². The molecule has 0 spiro atoms. The molecule has 0 aliphatic rings. The molecule has 106 valence electrons. The lowest BCUT2D eigenvalue weighted by Crippen LogP contribution is -2.06. The largest absolute Gasteiger partial charge is 0.486 e. The lowest BCUT2D eigenvalue weighted by atomic mass is 10.1. The zero-order valence-corrected chi connectivity index (χ0v) is 10.8. The maximum Gasteiger partial charge on any atom is 0.416 e. The third-order valence-corrected chi connectivity index (χ3v) is 2.90. The summed E-state index contributed by atoms with van der Waals surface area (Å²) >= 11 is 0. The molecule has 1 atom stereocenters. The number of nitrogen functional groups attached to an aromatic ring is 1. The fraction of sp³-hybridized carbons (Fsp3) is 0.200. The number of halogens is 3. The van der Waals surface area contributed by atoms with Gasteiger partial charge in [-0.1, -0.05) is 12.1 Å². The van der Waals surface area contributed by atoms with Crippen LogP contribution >= 0.6 is 0 Å². The smallest absolute Gasteiger partial charge is 0.416 e. The van der Waals surface area contributed by atoms with Crippen LogP contribution in [0.3, 0.4) is 0 Å². The van der Waals surface area contributed by atoms with E-state index < -0.39 is 11.7 Å². The van der Waals surface area contributed by atoms with Gasteiger partial charge in [-0.2, -0.15) is 13.2 Å². The van der Waals surface area contributed by atoms with Crippen LogP contribution in [0, 0.1) is 0 Å². The van der Waals surface area contributed by atoms with Gasteiger partial charge in [-0.05, 0) is 48.9 Å². The standard InChI is InChI=1S/C15H14F3NO/c1-10(11-2-6-13(19)7-3-11)20-14-8-4-12(5-9-14)15(16,17)18/h2-10H,19H2,1H3. The molecule has 2 aromatic carbocycles. The molecule has 20 heavy (non-hydrogen) atoms. The Kier molecular flexibility index (Phi) is 3.88. The van der Waals surface area contributed by atoms with Gasteiger partial charge in [0.1, 0.15) is 11.9 Å². The van der Waals surface area contributed by atoms with Gasteiger partial charge in [-0.3, -0.25) is 0 Å². The minimum Gasteiger partial charge on any atom is -0.486 e. The van der Waals surface area contributed by atoms with Crippen molar-refractivity contribution in [2.45, 2.75) is 19.2 Å². The van der Waals surface area contributed by atoms with Gasteiger partial charge in [0.15, 0.2) is 0 Å². The van der Waals surface area contributed by atoms with Crippen LogP contribution in [0.1, 0.15) is 24.2 Å². The zero-order valence-electron chi connectivity index (χ0n) is 10.8. The third-order valence-electron chi connectivity index (χ3n) is 2.90. The van der Waals surface area contributed by atoms with Gasteiger partial charge in [0.25, 0.3) is 0 Å². The highest BCUT2D eigenvalue weighted by Crippen LogP contribution is 2.31. The van der Waals surface area contributed by atoms with Gasteiger partial charge < -0.3 is 10.5 Å². The molecule has 0 bridgehead atoms. The van der Waals surface area contributed by atoms with Crippen LogP contribution in [0.2, 0.25) is 0 Å². The second-order valence-electron chi connectivity index (χ2n) is 4.45. The van der Waals surface area contributed by atoms with Crippen molar-refractivity contribution in [1.82, 2.24) is 0 Å². The summed E-state index contributed by atoms with van der Waals surface area (Å²) in [6, 6.07) is 11.8. The third kappa shape index (κ3) is 3.44. The normalized spacial score (nSPS) is 13.0. The Bertz CT molecular complexity index is 561. The average Bonchev–Trinajstić information content (AvgIpc) is 2.39. The first-order valence-electron chi connectivity index (χ1n) is 6.05. The molecule has 0 amide bonds. The minimum absolute atomic E-state index is 0.271. The summed E-state index contributed by atoms with van der Waals surface area (Å²) in [6.07, 6.45) is -4.60. The Morgan fingerprint density at radius 3 is 2.00 bits per heavy atom. The van der Waals surface area contributed by atoms with Crippen LogP contribution in [-0.4, -0.2) is 0 Å². The molecule has 2 nitrogen and oxygen atoms in total. The van der Waals surface area contributed by atoms with Crippen molar-refractivity contribution < 1.29 is 17.9 Å². The van der Waals surface area contributed by atoms with Gasteiger partial charge in [-0.25, -0.2) is 0 Å². The number of rotatable bonds is 3. The van der Waals surface area contributed by atoms with Gasteiger partial charge in [0, 0.05) is 5.69 Å². The van der Waals surface area contributed by atoms with Crippen molar-refractivity contribution in [3.05, 3.63) is 59.7 Å². The first-order chi connectivity index (χ1) is 9.36. The van der Waals surface area contributed by atoms with Crippen LogP contribution in [0.25, 0.3) is 0 Å². The molecule has 0 fully saturated rings. The highest BCUT2D eigenvalue weighted by atomic mass is 19.4. The van der Waals surface area contributed by atoms with Crippen molar-refractivity contribution in [1.29, 1.82) is 0 Å². The fourth-order valence-electron chi connectivity index (χ4n) is 1.76. The summed E-state index contributed by atoms with van der Waals surface area (Å²) in [6.45, 7) is 1.82. The van der Waals surface area contributed by atoms with E-state index >= 15 is 0 Å². The summed E-state index contributed by atoms with van der Waals surface area (Å²) in [5.74, 6) is 0.391. The molecule has 0 aromatic heterocycles. The van der Waals surface area contributed by atoms with Crippen molar-refractivity contribution in [3.8, 4) is 5.75 Å². The number of benzene rings is 2. The second kappa shape index (κ2) is 5.45. The van der Waals surface area contributed by atoms with Crippen LogP contribution < -0.4 is 10.5 Å². The van der Waals surface area contributed by atoms with E-state index in [9.17, 15) is 13.2 Å². The number of hydrogen-bond donors (Lipinski definition) is 1. The Hall–Kier alpha value is -2.17. The lowest BCUT2D eigenvalue weighted by Gasteiger charge is -2.16. The van der Waals surface area contributed by atoms with Crippen molar-refractivity contribution >= 4 is 5.69 Å². The zero-order chi connectivity index (χ0) is 14.8. The number of nitrogens with two attached hydrogens (primary N) is 1. The molecule has 0 radical (unpaired) electrons. The van der Waals surface area contributed by atoms with Crippen LogP contribution in [0.4, 0.5) is 18.9 Å². The molecule has 2 N–H and O–H groups in total. The Morgan fingerprint density at radius 2 is 1.50 bits per heavy atom. The van der Waals surface area contributed by atoms with Gasteiger partial charge >= 0.3 is 6.18 Å². The SMILES string of the molecule is CC(Oc1ccc(C(F)(F)F)cc1)c1ccc(N)cc1. The van der Waals surface area contributed by atoms with E-state index in [0.29, 0.717) is 11.4 Å². The molecular weight excluding hydrogens is 267 g/mol. The number of hydrogen-bond acceptors (Lipinski definition) is 2. The summed E-state index contributed by atoms with van der Waals surface area (Å²) < 4.78 is 42.9. The average molecular weight is 281 g/mol. The molecule has 0 aliphatic carbocycles. The number of anilines is 1. The fourth-order valence-corrected chi connectivity index (χ4v) is 1.76. The monoisotopic (exact) mass is 281 g/mol. The molecule has 2 rings (SSSR count). The van der Waals surface area contributed by atoms with E-state index in [1.165, 1.54) is 12.1 Å². The van der Waals surface area contributed by atoms with Gasteiger partial charge in [0.2, 0.25) is 0 Å². The highest BCUT2D eigenvalue weighted by molar-refractivity contribution is 5.40. The summed E-state index contributed by atoms with van der Waals surface area (Å²) in [4.78, 5) is 0. The highest BCUT2D eigenvalue weighted by Gasteiger charge is 2.30. The second-order valence-corrected chi connectivity index (χ2v) is 4.45. The molecule has 5 heteroatoms. The van der Waals surface area contributed by atoms with E-state index in [0.717, 1.165) is 17.7 Å². The number of alkyl halides is 3. The molecular formula is C15H14F3NO. The van der Waals surface area contributed by atoms with E-state index in [1.54, 1.807) is 12.1 Å². The maximum absolute atomic E-state index is 12.4. The summed E-state index contributed by atoms with van der Waals surface area (Å²) in [5.41, 5.74) is 6.45. The van der Waals surface area contributed by atoms with E-state index in [2.05, 4.69) is 0 Å². The van der Waals surface area contributed by atoms with Crippen molar-refractivity contribution in [3.63, 3.8) is 0 Å². The molecule has 1 unspecified atom stereocenters. The van der Waals surface area contributed by atoms with Crippen LogP contribution in [0.5, 0.6) is 5.75 Å². The molecule has 0 saturated carbocycles. The minimum atomic E-state index is -4.33. The van der Waals surface area contributed by atoms with E-state index in [1.807, 2.05) is 19.1 Å².